The molecule has 1 saturated heterocycles. The Balaban J connectivity index is 1.31. The monoisotopic (exact) mass is 427 g/mol. The summed E-state index contributed by atoms with van der Waals surface area (Å²) in [5.41, 5.74) is 2.10. The molecule has 0 aliphatic carbocycles. The Morgan fingerprint density at radius 2 is 1.90 bits per heavy atom. The van der Waals surface area contributed by atoms with E-state index >= 15 is 0 Å². The normalized spacial score (nSPS) is 16.8. The first kappa shape index (κ1) is 20.3. The minimum absolute atomic E-state index is 0.174. The fourth-order valence-corrected chi connectivity index (χ4v) is 5.63. The molecule has 1 fully saturated rings. The summed E-state index contributed by atoms with van der Waals surface area (Å²) < 4.78 is 0. The fourth-order valence-electron chi connectivity index (χ4n) is 3.86. The van der Waals surface area contributed by atoms with Crippen LogP contribution in [0.4, 0.5) is 0 Å². The van der Waals surface area contributed by atoms with Crippen molar-refractivity contribution in [1.82, 2.24) is 14.9 Å². The molecule has 0 amide bonds. The third kappa shape index (κ3) is 4.64. The molecule has 29 heavy (non-hydrogen) atoms. The number of rotatable bonds is 6. The Bertz CT molecular complexity index is 989. The second-order valence-electron chi connectivity index (χ2n) is 7.66. The molecule has 1 N–H and O–H groups in total. The Hall–Kier alpha value is -1.93. The van der Waals surface area contributed by atoms with Gasteiger partial charge in [-0.25, -0.2) is 9.97 Å². The SMILES string of the molecule is Cc1nc(C)c(-c2csc(CC(=O)CN3CCC(O)(c4ccccc4)CC3)n2)s1. The van der Waals surface area contributed by atoms with Gasteiger partial charge in [0.25, 0.3) is 0 Å². The van der Waals surface area contributed by atoms with E-state index in [2.05, 4.69) is 14.9 Å². The van der Waals surface area contributed by atoms with Crippen molar-refractivity contribution < 1.29 is 9.90 Å². The van der Waals surface area contributed by atoms with Crippen LogP contribution >= 0.6 is 22.7 Å². The summed E-state index contributed by atoms with van der Waals surface area (Å²) in [6.07, 6.45) is 1.66. The third-order valence-electron chi connectivity index (χ3n) is 5.43. The molecule has 7 heteroatoms. The number of hydrogen-bond donors (Lipinski definition) is 1. The van der Waals surface area contributed by atoms with Crippen molar-refractivity contribution in [1.29, 1.82) is 0 Å². The number of nitrogens with zero attached hydrogens (tertiary/aromatic N) is 3. The van der Waals surface area contributed by atoms with Crippen LogP contribution < -0.4 is 0 Å². The molecule has 0 bridgehead atoms. The van der Waals surface area contributed by atoms with Gasteiger partial charge in [-0.3, -0.25) is 9.69 Å². The van der Waals surface area contributed by atoms with E-state index in [0.717, 1.165) is 44.9 Å². The van der Waals surface area contributed by atoms with Crippen LogP contribution in [0.25, 0.3) is 10.6 Å². The minimum Gasteiger partial charge on any atom is -0.385 e. The van der Waals surface area contributed by atoms with Crippen molar-refractivity contribution in [3.05, 3.63) is 57.0 Å². The zero-order valence-electron chi connectivity index (χ0n) is 16.7. The van der Waals surface area contributed by atoms with Gasteiger partial charge in [-0.1, -0.05) is 30.3 Å². The lowest BCUT2D eigenvalue weighted by molar-refractivity contribution is -0.121. The van der Waals surface area contributed by atoms with Crippen LogP contribution in [-0.4, -0.2) is 45.4 Å². The Morgan fingerprint density at radius 3 is 2.55 bits per heavy atom. The van der Waals surface area contributed by atoms with E-state index in [1.165, 1.54) is 11.3 Å². The van der Waals surface area contributed by atoms with E-state index in [1.54, 1.807) is 11.3 Å². The number of thiazole rings is 2. The maximum atomic E-state index is 12.6. The molecule has 0 unspecified atom stereocenters. The maximum Gasteiger partial charge on any atom is 0.153 e. The van der Waals surface area contributed by atoms with Gasteiger partial charge >= 0.3 is 0 Å². The van der Waals surface area contributed by atoms with Crippen molar-refractivity contribution in [3.63, 3.8) is 0 Å². The molecule has 3 aromatic rings. The van der Waals surface area contributed by atoms with E-state index in [-0.39, 0.29) is 5.78 Å². The molecule has 0 spiro atoms. The zero-order valence-corrected chi connectivity index (χ0v) is 18.4. The summed E-state index contributed by atoms with van der Waals surface area (Å²) in [6.45, 7) is 5.85. The largest absolute Gasteiger partial charge is 0.385 e. The van der Waals surface area contributed by atoms with E-state index in [4.69, 9.17) is 0 Å². The van der Waals surface area contributed by atoms with Crippen LogP contribution in [0.1, 0.15) is 34.1 Å². The highest BCUT2D eigenvalue weighted by molar-refractivity contribution is 7.16. The van der Waals surface area contributed by atoms with Crippen molar-refractivity contribution in [2.75, 3.05) is 19.6 Å². The highest BCUT2D eigenvalue weighted by Gasteiger charge is 2.34. The molecular formula is C22H25N3O2S2. The summed E-state index contributed by atoms with van der Waals surface area (Å²) in [6, 6.07) is 9.84. The summed E-state index contributed by atoms with van der Waals surface area (Å²) in [7, 11) is 0. The van der Waals surface area contributed by atoms with Crippen LogP contribution in [0.2, 0.25) is 0 Å². The van der Waals surface area contributed by atoms with E-state index < -0.39 is 5.60 Å². The fraction of sp³-hybridized carbons (Fsp3) is 0.409. The van der Waals surface area contributed by atoms with Gasteiger partial charge in [-0.2, -0.15) is 0 Å². The van der Waals surface area contributed by atoms with Gasteiger partial charge in [0.2, 0.25) is 0 Å². The lowest BCUT2D eigenvalue weighted by atomic mass is 9.84. The van der Waals surface area contributed by atoms with Gasteiger partial charge in [0.05, 0.1) is 39.8 Å². The standard InChI is InChI=1S/C22H25N3O2S2/c1-15-21(29-16(2)23-15)19-14-28-20(24-19)12-18(26)13-25-10-8-22(27,9-11-25)17-6-4-3-5-7-17/h3-7,14,27H,8-13H2,1-2H3. The quantitative estimate of drug-likeness (QED) is 0.645. The predicted molar refractivity (Wildman–Crippen MR) is 117 cm³/mol. The summed E-state index contributed by atoms with van der Waals surface area (Å²) in [5.74, 6) is 0.174. The van der Waals surface area contributed by atoms with Crippen LogP contribution in [0.15, 0.2) is 35.7 Å². The number of aromatic nitrogens is 2. The number of piperidine rings is 1. The summed E-state index contributed by atoms with van der Waals surface area (Å²) >= 11 is 3.18. The average Bonchev–Trinajstić information content (AvgIpc) is 3.30. The molecule has 2 aromatic heterocycles. The Labute approximate surface area is 179 Å². The third-order valence-corrected chi connectivity index (χ3v) is 7.37. The molecule has 1 aliphatic rings. The lowest BCUT2D eigenvalue weighted by Crippen LogP contribution is -2.44. The maximum absolute atomic E-state index is 12.6. The average molecular weight is 428 g/mol. The van der Waals surface area contributed by atoms with Crippen molar-refractivity contribution in [3.8, 4) is 10.6 Å². The van der Waals surface area contributed by atoms with Gasteiger partial charge in [0, 0.05) is 18.5 Å². The summed E-state index contributed by atoms with van der Waals surface area (Å²) in [4.78, 5) is 24.9. The van der Waals surface area contributed by atoms with Gasteiger partial charge in [0.15, 0.2) is 5.78 Å². The van der Waals surface area contributed by atoms with E-state index in [1.807, 2.05) is 49.6 Å². The number of Topliss-reactive ketones (excluding diaryl/α,β-unsaturated/α-hetero) is 1. The zero-order chi connectivity index (χ0) is 20.4. The second-order valence-corrected chi connectivity index (χ2v) is 9.81. The molecule has 0 atom stereocenters. The Kier molecular flexibility index (Phi) is 5.92. The molecule has 0 radical (unpaired) electrons. The highest BCUT2D eigenvalue weighted by Crippen LogP contribution is 2.33. The first-order valence-electron chi connectivity index (χ1n) is 9.84. The molecule has 3 heterocycles. The molecule has 152 valence electrons. The van der Waals surface area contributed by atoms with Gasteiger partial charge in [-0.05, 0) is 32.3 Å². The molecule has 1 aromatic carbocycles. The first-order valence-corrected chi connectivity index (χ1v) is 11.5. The number of ketones is 1. The molecule has 4 rings (SSSR count). The topological polar surface area (TPSA) is 66.3 Å². The number of hydrogen-bond acceptors (Lipinski definition) is 7. The highest BCUT2D eigenvalue weighted by atomic mass is 32.1. The van der Waals surface area contributed by atoms with Crippen LogP contribution in [0.5, 0.6) is 0 Å². The molecule has 5 nitrogen and oxygen atoms in total. The number of aryl methyl sites for hydroxylation is 2. The smallest absolute Gasteiger partial charge is 0.153 e. The Morgan fingerprint density at radius 1 is 1.17 bits per heavy atom. The van der Waals surface area contributed by atoms with Gasteiger partial charge in [0.1, 0.15) is 5.01 Å². The molecular weight excluding hydrogens is 402 g/mol. The van der Waals surface area contributed by atoms with Crippen LogP contribution in [0.3, 0.4) is 0 Å². The predicted octanol–water partition coefficient (Wildman–Crippen LogP) is 3.98. The van der Waals surface area contributed by atoms with Crippen molar-refractivity contribution in [2.45, 2.75) is 38.7 Å². The van der Waals surface area contributed by atoms with Crippen LogP contribution in [-0.2, 0) is 16.8 Å². The number of carbonyl (C=O) groups is 1. The van der Waals surface area contributed by atoms with Gasteiger partial charge < -0.3 is 5.11 Å². The van der Waals surface area contributed by atoms with Crippen molar-refractivity contribution in [2.24, 2.45) is 0 Å². The molecule has 1 aliphatic heterocycles. The van der Waals surface area contributed by atoms with Gasteiger partial charge in [-0.15, -0.1) is 22.7 Å². The second kappa shape index (κ2) is 8.44. The van der Waals surface area contributed by atoms with E-state index in [0.29, 0.717) is 25.8 Å². The minimum atomic E-state index is -0.782. The number of likely N-dealkylation sites (tertiary alicyclic amines) is 1. The lowest BCUT2D eigenvalue weighted by Gasteiger charge is -2.38. The molecule has 0 saturated carbocycles. The summed E-state index contributed by atoms with van der Waals surface area (Å²) in [5, 5.41) is 14.8. The number of aliphatic hydroxyl groups is 1. The number of benzene rings is 1. The van der Waals surface area contributed by atoms with E-state index in [9.17, 15) is 9.90 Å². The van der Waals surface area contributed by atoms with Crippen molar-refractivity contribution >= 4 is 28.5 Å². The number of carbonyl (C=O) groups excluding carboxylic acids is 1. The van der Waals surface area contributed by atoms with Crippen LogP contribution in [0, 0.1) is 13.8 Å². The first-order chi connectivity index (χ1) is 13.9.